The van der Waals surface area contributed by atoms with Crippen molar-refractivity contribution in [1.82, 2.24) is 5.32 Å². The maximum absolute atomic E-state index is 12.5. The number of sulfone groups is 1. The molecule has 0 aromatic heterocycles. The number of hydrogen-bond donors (Lipinski definition) is 1. The van der Waals surface area contributed by atoms with Crippen LogP contribution < -0.4 is 5.32 Å². The molecular formula is C11H21NO4S. The van der Waals surface area contributed by atoms with Gasteiger partial charge in [-0.3, -0.25) is 0 Å². The average Bonchev–Trinajstić information content (AvgIpc) is 2.39. The van der Waals surface area contributed by atoms with Crippen LogP contribution in [0.2, 0.25) is 0 Å². The van der Waals surface area contributed by atoms with Crippen molar-refractivity contribution in [2.75, 3.05) is 33.5 Å². The van der Waals surface area contributed by atoms with Gasteiger partial charge >= 0.3 is 0 Å². The van der Waals surface area contributed by atoms with E-state index in [1.54, 1.807) is 0 Å². The van der Waals surface area contributed by atoms with E-state index < -0.39 is 15.1 Å². The summed E-state index contributed by atoms with van der Waals surface area (Å²) in [6, 6.07) is 0.0246. The Bertz CT molecular complexity index is 337. The van der Waals surface area contributed by atoms with E-state index in [0.717, 1.165) is 6.42 Å². The Morgan fingerprint density at radius 3 is 2.35 bits per heavy atom. The predicted octanol–water partition coefficient (Wildman–Crippen LogP) is -0.0429. The van der Waals surface area contributed by atoms with Crippen molar-refractivity contribution in [2.24, 2.45) is 0 Å². The lowest BCUT2D eigenvalue weighted by Crippen LogP contribution is -2.52. The van der Waals surface area contributed by atoms with Gasteiger partial charge in [0.15, 0.2) is 9.84 Å². The molecule has 2 aliphatic heterocycles. The number of hydrogen-bond acceptors (Lipinski definition) is 5. The summed E-state index contributed by atoms with van der Waals surface area (Å²) in [5.74, 6) is 0. The summed E-state index contributed by atoms with van der Waals surface area (Å²) in [7, 11) is -1.29. The standard InChI is InChI=1S/C11H21NO4S/c1-12-10-4-7-16-8-11(10)17(13,14)9-2-5-15-6-3-9/h9-12H,2-8H2,1H3. The van der Waals surface area contributed by atoms with Gasteiger partial charge in [0.2, 0.25) is 0 Å². The van der Waals surface area contributed by atoms with Crippen molar-refractivity contribution in [1.29, 1.82) is 0 Å². The zero-order valence-electron chi connectivity index (χ0n) is 10.2. The molecule has 0 aliphatic carbocycles. The first-order valence-electron chi connectivity index (χ1n) is 6.21. The van der Waals surface area contributed by atoms with E-state index in [1.807, 2.05) is 7.05 Å². The molecule has 0 radical (unpaired) electrons. The van der Waals surface area contributed by atoms with Gasteiger partial charge in [-0.15, -0.1) is 0 Å². The molecule has 2 atom stereocenters. The molecule has 2 aliphatic rings. The van der Waals surface area contributed by atoms with Crippen molar-refractivity contribution < 1.29 is 17.9 Å². The Hall–Kier alpha value is -0.170. The van der Waals surface area contributed by atoms with E-state index in [0.29, 0.717) is 39.3 Å². The summed E-state index contributed by atoms with van der Waals surface area (Å²) < 4.78 is 35.6. The monoisotopic (exact) mass is 263 g/mol. The van der Waals surface area contributed by atoms with E-state index in [-0.39, 0.29) is 11.3 Å². The van der Waals surface area contributed by atoms with Crippen LogP contribution in [-0.4, -0.2) is 58.4 Å². The molecule has 17 heavy (non-hydrogen) atoms. The molecule has 5 nitrogen and oxygen atoms in total. The predicted molar refractivity (Wildman–Crippen MR) is 64.8 cm³/mol. The third-order valence-corrected chi connectivity index (χ3v) is 6.44. The second kappa shape index (κ2) is 5.65. The van der Waals surface area contributed by atoms with Gasteiger partial charge in [-0.1, -0.05) is 0 Å². The van der Waals surface area contributed by atoms with Crippen LogP contribution in [0.5, 0.6) is 0 Å². The summed E-state index contributed by atoms with van der Waals surface area (Å²) >= 11 is 0. The molecular weight excluding hydrogens is 242 g/mol. The summed E-state index contributed by atoms with van der Waals surface area (Å²) in [4.78, 5) is 0. The highest BCUT2D eigenvalue weighted by Crippen LogP contribution is 2.25. The van der Waals surface area contributed by atoms with Gasteiger partial charge in [-0.05, 0) is 26.3 Å². The molecule has 0 aromatic carbocycles. The average molecular weight is 263 g/mol. The molecule has 0 bridgehead atoms. The maximum Gasteiger partial charge on any atom is 0.159 e. The molecule has 100 valence electrons. The van der Waals surface area contributed by atoms with Crippen LogP contribution in [0.15, 0.2) is 0 Å². The highest BCUT2D eigenvalue weighted by Gasteiger charge is 2.40. The first-order valence-corrected chi connectivity index (χ1v) is 7.82. The maximum atomic E-state index is 12.5. The first kappa shape index (κ1) is 13.3. The van der Waals surface area contributed by atoms with E-state index in [9.17, 15) is 8.42 Å². The Kier molecular flexibility index (Phi) is 4.41. The molecule has 1 N–H and O–H groups in total. The molecule has 2 saturated heterocycles. The third-order valence-electron chi connectivity index (χ3n) is 3.73. The minimum atomic E-state index is -3.11. The zero-order chi connectivity index (χ0) is 12.3. The summed E-state index contributed by atoms with van der Waals surface area (Å²) in [5, 5.41) is 2.46. The van der Waals surface area contributed by atoms with Crippen LogP contribution in [0.4, 0.5) is 0 Å². The molecule has 2 heterocycles. The summed E-state index contributed by atoms with van der Waals surface area (Å²) in [6.07, 6.45) is 2.01. The van der Waals surface area contributed by atoms with E-state index in [2.05, 4.69) is 5.32 Å². The topological polar surface area (TPSA) is 64.6 Å². The normalized spacial score (nSPS) is 32.5. The lowest BCUT2D eigenvalue weighted by molar-refractivity contribution is 0.0791. The molecule has 2 fully saturated rings. The van der Waals surface area contributed by atoms with Crippen LogP contribution in [0.1, 0.15) is 19.3 Å². The Balaban J connectivity index is 2.11. The molecule has 2 rings (SSSR count). The van der Waals surface area contributed by atoms with Crippen molar-refractivity contribution in [2.45, 2.75) is 35.8 Å². The summed E-state index contributed by atoms with van der Waals surface area (Å²) in [5.41, 5.74) is 0. The van der Waals surface area contributed by atoms with Crippen LogP contribution in [-0.2, 0) is 19.3 Å². The van der Waals surface area contributed by atoms with E-state index >= 15 is 0 Å². The molecule has 0 saturated carbocycles. The minimum Gasteiger partial charge on any atom is -0.381 e. The quantitative estimate of drug-likeness (QED) is 0.774. The number of rotatable bonds is 3. The number of ether oxygens (including phenoxy) is 2. The van der Waals surface area contributed by atoms with E-state index in [4.69, 9.17) is 9.47 Å². The van der Waals surface area contributed by atoms with Crippen LogP contribution >= 0.6 is 0 Å². The van der Waals surface area contributed by atoms with Gasteiger partial charge in [-0.2, -0.15) is 0 Å². The van der Waals surface area contributed by atoms with Crippen molar-refractivity contribution >= 4 is 9.84 Å². The van der Waals surface area contributed by atoms with Gasteiger partial charge in [0.25, 0.3) is 0 Å². The lowest BCUT2D eigenvalue weighted by Gasteiger charge is -2.34. The molecule has 0 aromatic rings. The Morgan fingerprint density at radius 2 is 1.71 bits per heavy atom. The second-order valence-electron chi connectivity index (χ2n) is 4.70. The lowest BCUT2D eigenvalue weighted by atomic mass is 10.1. The van der Waals surface area contributed by atoms with Gasteiger partial charge in [0.1, 0.15) is 5.25 Å². The van der Waals surface area contributed by atoms with Crippen molar-refractivity contribution in [3.8, 4) is 0 Å². The van der Waals surface area contributed by atoms with Gasteiger partial charge < -0.3 is 14.8 Å². The Labute approximate surface area is 103 Å². The smallest absolute Gasteiger partial charge is 0.159 e. The largest absolute Gasteiger partial charge is 0.381 e. The molecule has 2 unspecified atom stereocenters. The van der Waals surface area contributed by atoms with Gasteiger partial charge in [0, 0.05) is 25.9 Å². The minimum absolute atomic E-state index is 0.0246. The molecule has 0 spiro atoms. The van der Waals surface area contributed by atoms with Crippen LogP contribution in [0.3, 0.4) is 0 Å². The summed E-state index contributed by atoms with van der Waals surface area (Å²) in [6.45, 7) is 2.08. The first-order chi connectivity index (χ1) is 8.16. The van der Waals surface area contributed by atoms with E-state index in [1.165, 1.54) is 0 Å². The van der Waals surface area contributed by atoms with Crippen LogP contribution in [0, 0.1) is 0 Å². The second-order valence-corrected chi connectivity index (χ2v) is 7.15. The highest BCUT2D eigenvalue weighted by atomic mass is 32.2. The number of nitrogens with one attached hydrogen (secondary N) is 1. The third kappa shape index (κ3) is 2.81. The fraction of sp³-hybridized carbons (Fsp3) is 1.00. The van der Waals surface area contributed by atoms with Gasteiger partial charge in [0.05, 0.1) is 11.9 Å². The molecule has 0 amide bonds. The molecule has 6 heteroatoms. The van der Waals surface area contributed by atoms with Crippen LogP contribution in [0.25, 0.3) is 0 Å². The van der Waals surface area contributed by atoms with Crippen molar-refractivity contribution in [3.05, 3.63) is 0 Å². The fourth-order valence-corrected chi connectivity index (χ4v) is 4.98. The zero-order valence-corrected chi connectivity index (χ0v) is 11.0. The SMILES string of the molecule is CNC1CCOCC1S(=O)(=O)C1CCOCC1. The van der Waals surface area contributed by atoms with Gasteiger partial charge in [-0.25, -0.2) is 8.42 Å². The fourth-order valence-electron chi connectivity index (χ4n) is 2.62. The van der Waals surface area contributed by atoms with Crippen molar-refractivity contribution in [3.63, 3.8) is 0 Å². The Morgan fingerprint density at radius 1 is 1.06 bits per heavy atom. The highest BCUT2D eigenvalue weighted by molar-refractivity contribution is 7.92.